The van der Waals surface area contributed by atoms with Crippen LogP contribution in [0.15, 0.2) is 12.4 Å². The Balaban J connectivity index is 2.07. The van der Waals surface area contributed by atoms with Crippen molar-refractivity contribution in [2.75, 3.05) is 23.0 Å². The number of rotatable bonds is 4. The molecule has 2 N–H and O–H groups in total. The Morgan fingerprint density at radius 3 is 2.65 bits per heavy atom. The molecule has 0 aliphatic carbocycles. The van der Waals surface area contributed by atoms with Gasteiger partial charge in [-0.3, -0.25) is 0 Å². The van der Waals surface area contributed by atoms with Gasteiger partial charge in [0.1, 0.15) is 0 Å². The summed E-state index contributed by atoms with van der Waals surface area (Å²) in [6.07, 6.45) is 5.25. The Bertz CT molecular complexity index is 544. The SMILES string of the molecule is CCC(N)Cc1cnc(N2CCS(=O)(=O)CC2C)nc1. The first kappa shape index (κ1) is 15.2. The number of aromatic nitrogens is 2. The number of nitrogens with two attached hydrogens (primary N) is 1. The molecule has 2 unspecified atom stereocenters. The van der Waals surface area contributed by atoms with Crippen molar-refractivity contribution in [2.24, 2.45) is 5.73 Å². The number of anilines is 1. The van der Waals surface area contributed by atoms with E-state index in [-0.39, 0.29) is 23.6 Å². The molecular weight excluding hydrogens is 276 g/mol. The van der Waals surface area contributed by atoms with Crippen LogP contribution in [0.25, 0.3) is 0 Å². The van der Waals surface area contributed by atoms with Gasteiger partial charge < -0.3 is 10.6 Å². The number of nitrogens with zero attached hydrogens (tertiary/aromatic N) is 3. The highest BCUT2D eigenvalue weighted by Gasteiger charge is 2.29. The first-order valence-corrected chi connectivity index (χ1v) is 8.77. The Labute approximate surface area is 120 Å². The van der Waals surface area contributed by atoms with Crippen molar-refractivity contribution < 1.29 is 8.42 Å². The van der Waals surface area contributed by atoms with Gasteiger partial charge in [0, 0.05) is 31.0 Å². The van der Waals surface area contributed by atoms with E-state index in [1.165, 1.54) is 0 Å². The third-order valence-corrected chi connectivity index (χ3v) is 5.44. The van der Waals surface area contributed by atoms with Crippen molar-refractivity contribution in [3.63, 3.8) is 0 Å². The molecule has 6 nitrogen and oxygen atoms in total. The molecule has 1 aromatic heterocycles. The minimum atomic E-state index is -2.91. The van der Waals surface area contributed by atoms with Gasteiger partial charge in [-0.15, -0.1) is 0 Å². The van der Waals surface area contributed by atoms with Crippen LogP contribution in [0.4, 0.5) is 5.95 Å². The molecule has 1 saturated heterocycles. The van der Waals surface area contributed by atoms with Crippen molar-refractivity contribution in [3.05, 3.63) is 18.0 Å². The fourth-order valence-electron chi connectivity index (χ4n) is 2.34. The average Bonchev–Trinajstić information content (AvgIpc) is 2.39. The van der Waals surface area contributed by atoms with Crippen LogP contribution in [-0.4, -0.2) is 48.5 Å². The first-order chi connectivity index (χ1) is 9.41. The monoisotopic (exact) mass is 298 g/mol. The highest BCUT2D eigenvalue weighted by Crippen LogP contribution is 2.17. The number of hydrogen-bond donors (Lipinski definition) is 1. The van der Waals surface area contributed by atoms with Crippen LogP contribution in [-0.2, 0) is 16.3 Å². The maximum Gasteiger partial charge on any atom is 0.225 e. The molecule has 112 valence electrons. The van der Waals surface area contributed by atoms with Gasteiger partial charge in [0.15, 0.2) is 9.84 Å². The zero-order valence-electron chi connectivity index (χ0n) is 12.0. The zero-order chi connectivity index (χ0) is 14.8. The van der Waals surface area contributed by atoms with E-state index in [0.29, 0.717) is 12.5 Å². The van der Waals surface area contributed by atoms with Gasteiger partial charge in [0.2, 0.25) is 5.95 Å². The third kappa shape index (κ3) is 3.67. The molecule has 1 aliphatic heterocycles. The number of hydrogen-bond acceptors (Lipinski definition) is 6. The second-order valence-electron chi connectivity index (χ2n) is 5.42. The second kappa shape index (κ2) is 6.05. The summed E-state index contributed by atoms with van der Waals surface area (Å²) in [5, 5.41) is 0. The molecular formula is C13H22N4O2S. The first-order valence-electron chi connectivity index (χ1n) is 6.95. The van der Waals surface area contributed by atoms with Gasteiger partial charge in [-0.25, -0.2) is 18.4 Å². The molecule has 1 aliphatic rings. The van der Waals surface area contributed by atoms with Crippen molar-refractivity contribution in [2.45, 2.75) is 38.8 Å². The summed E-state index contributed by atoms with van der Waals surface area (Å²) in [7, 11) is -2.91. The van der Waals surface area contributed by atoms with E-state index in [1.54, 1.807) is 12.4 Å². The largest absolute Gasteiger partial charge is 0.336 e. The van der Waals surface area contributed by atoms with E-state index < -0.39 is 9.84 Å². The minimum absolute atomic E-state index is 0.0856. The molecule has 0 saturated carbocycles. The van der Waals surface area contributed by atoms with Crippen LogP contribution in [0.2, 0.25) is 0 Å². The van der Waals surface area contributed by atoms with E-state index in [0.717, 1.165) is 18.4 Å². The van der Waals surface area contributed by atoms with E-state index in [1.807, 2.05) is 11.8 Å². The molecule has 2 rings (SSSR count). The summed E-state index contributed by atoms with van der Waals surface area (Å²) in [6.45, 7) is 4.40. The van der Waals surface area contributed by atoms with Crippen LogP contribution in [0.5, 0.6) is 0 Å². The van der Waals surface area contributed by atoms with E-state index in [4.69, 9.17) is 5.73 Å². The van der Waals surface area contributed by atoms with E-state index in [2.05, 4.69) is 16.9 Å². The normalized spacial score (nSPS) is 23.6. The summed E-state index contributed by atoms with van der Waals surface area (Å²) >= 11 is 0. The van der Waals surface area contributed by atoms with Crippen LogP contribution in [0.1, 0.15) is 25.8 Å². The lowest BCUT2D eigenvalue weighted by Gasteiger charge is -2.33. The fourth-order valence-corrected chi connectivity index (χ4v) is 3.90. The summed E-state index contributed by atoms with van der Waals surface area (Å²) in [6, 6.07) is 0.0426. The van der Waals surface area contributed by atoms with Gasteiger partial charge in [-0.05, 0) is 25.3 Å². The lowest BCUT2D eigenvalue weighted by Crippen LogP contribution is -2.47. The minimum Gasteiger partial charge on any atom is -0.336 e. The molecule has 0 radical (unpaired) electrons. The van der Waals surface area contributed by atoms with E-state index in [9.17, 15) is 8.42 Å². The van der Waals surface area contributed by atoms with Gasteiger partial charge in [-0.2, -0.15) is 0 Å². The van der Waals surface area contributed by atoms with Crippen molar-refractivity contribution in [1.82, 2.24) is 9.97 Å². The molecule has 1 fully saturated rings. The highest BCUT2D eigenvalue weighted by atomic mass is 32.2. The van der Waals surface area contributed by atoms with Crippen molar-refractivity contribution in [3.8, 4) is 0 Å². The molecule has 0 aromatic carbocycles. The lowest BCUT2D eigenvalue weighted by molar-refractivity contribution is 0.564. The van der Waals surface area contributed by atoms with Crippen LogP contribution in [0.3, 0.4) is 0 Å². The van der Waals surface area contributed by atoms with Gasteiger partial charge in [0.05, 0.1) is 11.5 Å². The molecule has 2 atom stereocenters. The fraction of sp³-hybridized carbons (Fsp3) is 0.692. The number of sulfone groups is 1. The lowest BCUT2D eigenvalue weighted by atomic mass is 10.1. The smallest absolute Gasteiger partial charge is 0.225 e. The molecule has 0 bridgehead atoms. The van der Waals surface area contributed by atoms with Crippen molar-refractivity contribution in [1.29, 1.82) is 0 Å². The topological polar surface area (TPSA) is 89.2 Å². The highest BCUT2D eigenvalue weighted by molar-refractivity contribution is 7.91. The molecule has 2 heterocycles. The second-order valence-corrected chi connectivity index (χ2v) is 7.65. The van der Waals surface area contributed by atoms with Crippen LogP contribution in [0, 0.1) is 0 Å². The van der Waals surface area contributed by atoms with Gasteiger partial charge >= 0.3 is 0 Å². The Morgan fingerprint density at radius 2 is 2.10 bits per heavy atom. The predicted octanol–water partition coefficient (Wildman–Crippen LogP) is 0.380. The zero-order valence-corrected chi connectivity index (χ0v) is 12.8. The molecule has 1 aromatic rings. The van der Waals surface area contributed by atoms with Crippen LogP contribution < -0.4 is 10.6 Å². The molecule has 20 heavy (non-hydrogen) atoms. The van der Waals surface area contributed by atoms with Crippen LogP contribution >= 0.6 is 0 Å². The quantitative estimate of drug-likeness (QED) is 0.864. The molecule has 7 heteroatoms. The molecule has 0 spiro atoms. The summed E-state index contributed by atoms with van der Waals surface area (Å²) < 4.78 is 23.1. The average molecular weight is 298 g/mol. The maximum absolute atomic E-state index is 11.6. The predicted molar refractivity (Wildman–Crippen MR) is 79.5 cm³/mol. The summed E-state index contributed by atoms with van der Waals surface area (Å²) in [5.41, 5.74) is 6.92. The molecule has 0 amide bonds. The van der Waals surface area contributed by atoms with Gasteiger partial charge in [-0.1, -0.05) is 6.92 Å². The van der Waals surface area contributed by atoms with Gasteiger partial charge in [0.25, 0.3) is 0 Å². The summed E-state index contributed by atoms with van der Waals surface area (Å²) in [5.74, 6) is 0.934. The maximum atomic E-state index is 11.6. The van der Waals surface area contributed by atoms with E-state index >= 15 is 0 Å². The summed E-state index contributed by atoms with van der Waals surface area (Å²) in [4.78, 5) is 10.7. The standard InChI is InChI=1S/C13H22N4O2S/c1-3-12(14)6-11-7-15-13(16-8-11)17-4-5-20(18,19)9-10(17)2/h7-8,10,12H,3-6,9,14H2,1-2H3. The van der Waals surface area contributed by atoms with Crippen molar-refractivity contribution >= 4 is 15.8 Å². The Hall–Kier alpha value is -1.21. The Morgan fingerprint density at radius 1 is 1.45 bits per heavy atom. The Kier molecular flexibility index (Phi) is 4.59. The third-order valence-electron chi connectivity index (χ3n) is 3.64.